The first kappa shape index (κ1) is 26.0. The molecule has 47 heavy (non-hydrogen) atoms. The normalized spacial score (nSPS) is 11.8. The number of fused-ring (bicyclic) bond motifs is 7. The van der Waals surface area contributed by atoms with E-state index in [4.69, 9.17) is 0 Å². The van der Waals surface area contributed by atoms with Gasteiger partial charge in [0.25, 0.3) is 0 Å². The van der Waals surface area contributed by atoms with Crippen molar-refractivity contribution in [2.24, 2.45) is 0 Å². The summed E-state index contributed by atoms with van der Waals surface area (Å²) in [7, 11) is 0. The average molecular weight is 600 g/mol. The number of para-hydroxylation sites is 5. The zero-order valence-electron chi connectivity index (χ0n) is 25.6. The Morgan fingerprint density at radius 3 is 1.47 bits per heavy atom. The molecule has 0 N–H and O–H groups in total. The molecule has 0 saturated heterocycles. The molecule has 3 heteroatoms. The molecule has 0 unspecified atom stereocenters. The Morgan fingerprint density at radius 1 is 0.298 bits per heavy atom. The van der Waals surface area contributed by atoms with E-state index >= 15 is 0 Å². The molecule has 0 saturated carbocycles. The molecule has 0 radical (unpaired) electrons. The second-order valence-electron chi connectivity index (χ2n) is 12.2. The summed E-state index contributed by atoms with van der Waals surface area (Å²) < 4.78 is 7.11. The highest BCUT2D eigenvalue weighted by Gasteiger charge is 2.17. The third-order valence-electron chi connectivity index (χ3n) is 9.66. The Balaban J connectivity index is 1.17. The van der Waals surface area contributed by atoms with Crippen LogP contribution in [0.2, 0.25) is 0 Å². The molecule has 10 rings (SSSR count). The molecule has 0 fully saturated rings. The van der Waals surface area contributed by atoms with E-state index in [1.807, 2.05) is 0 Å². The molecule has 10 aromatic rings. The van der Waals surface area contributed by atoms with Gasteiger partial charge in [0.15, 0.2) is 0 Å². The molecule has 0 amide bonds. The molecule has 220 valence electrons. The van der Waals surface area contributed by atoms with E-state index in [1.165, 1.54) is 71.3 Å². The Hall–Kier alpha value is -6.32. The van der Waals surface area contributed by atoms with Crippen molar-refractivity contribution < 1.29 is 0 Å². The second-order valence-corrected chi connectivity index (χ2v) is 12.2. The summed E-state index contributed by atoms with van der Waals surface area (Å²) in [6, 6.07) is 61.4. The van der Waals surface area contributed by atoms with Crippen molar-refractivity contribution in [3.63, 3.8) is 0 Å². The fourth-order valence-corrected chi connectivity index (χ4v) is 7.60. The monoisotopic (exact) mass is 599 g/mol. The van der Waals surface area contributed by atoms with Gasteiger partial charge in [0, 0.05) is 55.8 Å². The quantitative estimate of drug-likeness (QED) is 0.191. The van der Waals surface area contributed by atoms with Gasteiger partial charge in [0.2, 0.25) is 0 Å². The summed E-state index contributed by atoms with van der Waals surface area (Å²) in [6.45, 7) is 0. The molecule has 3 heterocycles. The van der Waals surface area contributed by atoms with Crippen molar-refractivity contribution in [1.82, 2.24) is 13.7 Å². The molecule has 0 aliphatic rings. The van der Waals surface area contributed by atoms with Crippen molar-refractivity contribution in [1.29, 1.82) is 0 Å². The van der Waals surface area contributed by atoms with Crippen LogP contribution in [0.15, 0.2) is 176 Å². The van der Waals surface area contributed by atoms with E-state index in [0.717, 1.165) is 11.4 Å². The Bertz CT molecular complexity index is 2740. The lowest BCUT2D eigenvalue weighted by Crippen LogP contribution is -1.97. The van der Waals surface area contributed by atoms with Gasteiger partial charge in [-0.05, 0) is 72.3 Å². The highest BCUT2D eigenvalue weighted by atomic mass is 15.0. The van der Waals surface area contributed by atoms with Gasteiger partial charge in [0.05, 0.1) is 27.6 Å². The van der Waals surface area contributed by atoms with Crippen LogP contribution in [0.3, 0.4) is 0 Å². The fraction of sp³-hybridized carbons (Fsp3) is 0. The minimum atomic E-state index is 1.13. The van der Waals surface area contributed by atoms with Gasteiger partial charge in [-0.2, -0.15) is 0 Å². The smallest absolute Gasteiger partial charge is 0.0541 e. The minimum absolute atomic E-state index is 1.13. The Labute approximate surface area is 271 Å². The maximum absolute atomic E-state index is 2.39. The van der Waals surface area contributed by atoms with Crippen molar-refractivity contribution in [2.45, 2.75) is 0 Å². The van der Waals surface area contributed by atoms with Crippen LogP contribution >= 0.6 is 0 Å². The SMILES string of the molecule is c1ccc(-n2c3ccccc3c3cc(-c4cn(-c5cccc(-n6c7ccccc7c7ccccc76)c5)c5ccccc45)ccc32)cc1. The first-order valence-electron chi connectivity index (χ1n) is 16.1. The van der Waals surface area contributed by atoms with Crippen LogP contribution in [-0.2, 0) is 0 Å². The van der Waals surface area contributed by atoms with Gasteiger partial charge in [0.1, 0.15) is 0 Å². The summed E-state index contributed by atoms with van der Waals surface area (Å²) >= 11 is 0. The number of benzene rings is 7. The number of nitrogens with zero attached hydrogens (tertiary/aromatic N) is 3. The highest BCUT2D eigenvalue weighted by Crippen LogP contribution is 2.39. The van der Waals surface area contributed by atoms with Crippen LogP contribution in [-0.4, -0.2) is 13.7 Å². The summed E-state index contributed by atoms with van der Waals surface area (Å²) in [6.07, 6.45) is 2.31. The van der Waals surface area contributed by atoms with Crippen LogP contribution in [0, 0.1) is 0 Å². The molecule has 0 atom stereocenters. The van der Waals surface area contributed by atoms with Gasteiger partial charge >= 0.3 is 0 Å². The average Bonchev–Trinajstić information content (AvgIpc) is 3.80. The standard InChI is InChI=1S/C44H29N3/c1-2-13-31(14-3-1)46-43-24-11-7-19-36(43)38-27-30(25-26-44(38)46)39-29-45(40-21-8-4-20-37(39)40)32-15-12-16-33(28-32)47-41-22-9-5-17-34(41)35-18-6-10-23-42(35)47/h1-29H. The molecule has 0 bridgehead atoms. The summed E-state index contributed by atoms with van der Waals surface area (Å²) in [4.78, 5) is 0. The Kier molecular flexibility index (Phi) is 5.57. The van der Waals surface area contributed by atoms with Crippen LogP contribution < -0.4 is 0 Å². The number of hydrogen-bond acceptors (Lipinski definition) is 0. The van der Waals surface area contributed by atoms with Gasteiger partial charge in [-0.25, -0.2) is 0 Å². The topological polar surface area (TPSA) is 14.8 Å². The molecule has 7 aromatic carbocycles. The number of rotatable bonds is 4. The van der Waals surface area contributed by atoms with E-state index in [1.54, 1.807) is 0 Å². The van der Waals surface area contributed by atoms with Gasteiger partial charge in [-0.1, -0.05) is 103 Å². The lowest BCUT2D eigenvalue weighted by molar-refractivity contribution is 1.10. The predicted octanol–water partition coefficient (Wildman–Crippen LogP) is 11.5. The lowest BCUT2D eigenvalue weighted by atomic mass is 10.0. The zero-order valence-corrected chi connectivity index (χ0v) is 25.6. The summed E-state index contributed by atoms with van der Waals surface area (Å²) in [5.41, 5.74) is 11.9. The van der Waals surface area contributed by atoms with E-state index in [2.05, 4.69) is 190 Å². The molecular weight excluding hydrogens is 571 g/mol. The van der Waals surface area contributed by atoms with Gasteiger partial charge < -0.3 is 13.7 Å². The van der Waals surface area contributed by atoms with Crippen molar-refractivity contribution in [3.8, 4) is 28.2 Å². The van der Waals surface area contributed by atoms with Gasteiger partial charge in [-0.3, -0.25) is 0 Å². The van der Waals surface area contributed by atoms with Crippen molar-refractivity contribution in [2.75, 3.05) is 0 Å². The fourth-order valence-electron chi connectivity index (χ4n) is 7.60. The third-order valence-corrected chi connectivity index (χ3v) is 9.66. The summed E-state index contributed by atoms with van der Waals surface area (Å²) in [5, 5.41) is 6.29. The first-order chi connectivity index (χ1) is 23.3. The van der Waals surface area contributed by atoms with Crippen LogP contribution in [0.1, 0.15) is 0 Å². The van der Waals surface area contributed by atoms with Crippen molar-refractivity contribution >= 4 is 54.5 Å². The maximum Gasteiger partial charge on any atom is 0.0541 e. The predicted molar refractivity (Wildman–Crippen MR) is 197 cm³/mol. The molecule has 3 aromatic heterocycles. The number of hydrogen-bond donors (Lipinski definition) is 0. The van der Waals surface area contributed by atoms with E-state index < -0.39 is 0 Å². The molecule has 0 aliphatic carbocycles. The van der Waals surface area contributed by atoms with Crippen molar-refractivity contribution in [3.05, 3.63) is 176 Å². The maximum atomic E-state index is 2.39. The minimum Gasteiger partial charge on any atom is -0.316 e. The summed E-state index contributed by atoms with van der Waals surface area (Å²) in [5.74, 6) is 0. The largest absolute Gasteiger partial charge is 0.316 e. The second kappa shape index (κ2) is 10.1. The van der Waals surface area contributed by atoms with E-state index in [0.29, 0.717) is 0 Å². The lowest BCUT2D eigenvalue weighted by Gasteiger charge is -2.11. The van der Waals surface area contributed by atoms with E-state index in [9.17, 15) is 0 Å². The van der Waals surface area contributed by atoms with Crippen LogP contribution in [0.25, 0.3) is 82.7 Å². The third kappa shape index (κ3) is 3.87. The van der Waals surface area contributed by atoms with E-state index in [-0.39, 0.29) is 0 Å². The Morgan fingerprint density at radius 2 is 0.787 bits per heavy atom. The number of aromatic nitrogens is 3. The highest BCUT2D eigenvalue weighted by molar-refractivity contribution is 6.12. The molecule has 0 aliphatic heterocycles. The molecule has 3 nitrogen and oxygen atoms in total. The first-order valence-corrected chi connectivity index (χ1v) is 16.1. The van der Waals surface area contributed by atoms with Gasteiger partial charge in [-0.15, -0.1) is 0 Å². The molecular formula is C44H29N3. The molecule has 0 spiro atoms. The van der Waals surface area contributed by atoms with Crippen LogP contribution in [0.5, 0.6) is 0 Å². The zero-order chi connectivity index (χ0) is 30.9. The van der Waals surface area contributed by atoms with Crippen LogP contribution in [0.4, 0.5) is 0 Å².